The molecule has 0 amide bonds. The average molecular weight is 193 g/mol. The third-order valence-electron chi connectivity index (χ3n) is 1.32. The van der Waals surface area contributed by atoms with E-state index in [2.05, 4.69) is 0 Å². The van der Waals surface area contributed by atoms with Gasteiger partial charge in [0.15, 0.2) is 0 Å². The SMILES string of the molecule is CCOC(N)(COCCO)OCC. The predicted octanol–water partition coefficient (Wildman–Crippen LogP) is -0.319. The highest BCUT2D eigenvalue weighted by Crippen LogP contribution is 2.05. The van der Waals surface area contributed by atoms with Gasteiger partial charge < -0.3 is 19.3 Å². The molecule has 13 heavy (non-hydrogen) atoms. The van der Waals surface area contributed by atoms with Gasteiger partial charge in [-0.2, -0.15) is 0 Å². The van der Waals surface area contributed by atoms with Gasteiger partial charge in [0.1, 0.15) is 6.61 Å². The van der Waals surface area contributed by atoms with Crippen molar-refractivity contribution < 1.29 is 19.3 Å². The molecule has 80 valence electrons. The van der Waals surface area contributed by atoms with E-state index in [0.717, 1.165) is 0 Å². The first-order chi connectivity index (χ1) is 6.18. The Bertz CT molecular complexity index is 115. The lowest BCUT2D eigenvalue weighted by Gasteiger charge is -2.28. The number of aliphatic hydroxyl groups excluding tert-OH is 1. The molecule has 0 aromatic rings. The lowest BCUT2D eigenvalue weighted by atomic mass is 10.5. The summed E-state index contributed by atoms with van der Waals surface area (Å²) >= 11 is 0. The van der Waals surface area contributed by atoms with E-state index < -0.39 is 5.91 Å². The van der Waals surface area contributed by atoms with Crippen LogP contribution in [0.4, 0.5) is 0 Å². The molecule has 0 aliphatic heterocycles. The summed E-state index contributed by atoms with van der Waals surface area (Å²) < 4.78 is 15.4. The van der Waals surface area contributed by atoms with Gasteiger partial charge in [-0.15, -0.1) is 0 Å². The maximum Gasteiger partial charge on any atom is 0.249 e. The van der Waals surface area contributed by atoms with E-state index in [1.165, 1.54) is 0 Å². The largest absolute Gasteiger partial charge is 0.394 e. The Morgan fingerprint density at radius 1 is 1.23 bits per heavy atom. The van der Waals surface area contributed by atoms with Gasteiger partial charge in [-0.05, 0) is 13.8 Å². The second-order valence-electron chi connectivity index (χ2n) is 2.45. The maximum absolute atomic E-state index is 8.48. The smallest absolute Gasteiger partial charge is 0.249 e. The van der Waals surface area contributed by atoms with E-state index >= 15 is 0 Å². The van der Waals surface area contributed by atoms with Crippen LogP contribution < -0.4 is 5.73 Å². The summed E-state index contributed by atoms with van der Waals surface area (Å²) in [6.45, 7) is 4.89. The minimum absolute atomic E-state index is 0.0334. The van der Waals surface area contributed by atoms with Gasteiger partial charge in [0.25, 0.3) is 0 Å². The monoisotopic (exact) mass is 193 g/mol. The fourth-order valence-electron chi connectivity index (χ4n) is 0.893. The first-order valence-corrected chi connectivity index (χ1v) is 4.44. The quantitative estimate of drug-likeness (QED) is 0.408. The van der Waals surface area contributed by atoms with Crippen molar-refractivity contribution in [3.63, 3.8) is 0 Å². The third-order valence-corrected chi connectivity index (χ3v) is 1.32. The second-order valence-corrected chi connectivity index (χ2v) is 2.45. The highest BCUT2D eigenvalue weighted by molar-refractivity contribution is 4.58. The summed E-state index contributed by atoms with van der Waals surface area (Å²) in [6, 6.07) is 0. The molecule has 0 saturated heterocycles. The van der Waals surface area contributed by atoms with Crippen LogP contribution in [0.1, 0.15) is 13.8 Å². The van der Waals surface area contributed by atoms with E-state index in [-0.39, 0.29) is 19.8 Å². The van der Waals surface area contributed by atoms with Gasteiger partial charge in [-0.1, -0.05) is 0 Å². The molecule has 0 aliphatic rings. The first-order valence-electron chi connectivity index (χ1n) is 4.44. The zero-order valence-corrected chi connectivity index (χ0v) is 8.28. The molecule has 0 bridgehead atoms. The van der Waals surface area contributed by atoms with Gasteiger partial charge in [-0.25, -0.2) is 0 Å². The number of nitrogens with two attached hydrogens (primary N) is 1. The Balaban J connectivity index is 3.76. The number of aliphatic hydroxyl groups is 1. The lowest BCUT2D eigenvalue weighted by molar-refractivity contribution is -0.254. The number of ether oxygens (including phenoxy) is 3. The predicted molar refractivity (Wildman–Crippen MR) is 48.1 cm³/mol. The molecule has 0 unspecified atom stereocenters. The van der Waals surface area contributed by atoms with Crippen molar-refractivity contribution in [2.24, 2.45) is 5.73 Å². The Kier molecular flexibility index (Phi) is 7.12. The van der Waals surface area contributed by atoms with Crippen LogP contribution in [-0.2, 0) is 14.2 Å². The fraction of sp³-hybridized carbons (Fsp3) is 1.00. The summed E-state index contributed by atoms with van der Waals surface area (Å²) in [7, 11) is 0. The Morgan fingerprint density at radius 2 is 1.77 bits per heavy atom. The molecule has 5 nitrogen and oxygen atoms in total. The molecule has 0 atom stereocenters. The summed E-state index contributed by atoms with van der Waals surface area (Å²) in [5, 5.41) is 8.48. The fourth-order valence-corrected chi connectivity index (χ4v) is 0.893. The maximum atomic E-state index is 8.48. The molecule has 0 rings (SSSR count). The van der Waals surface area contributed by atoms with Crippen molar-refractivity contribution in [3.8, 4) is 0 Å². The van der Waals surface area contributed by atoms with Gasteiger partial charge in [-0.3, -0.25) is 5.73 Å². The molecule has 3 N–H and O–H groups in total. The lowest BCUT2D eigenvalue weighted by Crippen LogP contribution is -2.50. The van der Waals surface area contributed by atoms with Crippen LogP contribution in [0.3, 0.4) is 0 Å². The summed E-state index contributed by atoms with van der Waals surface area (Å²) in [5.74, 6) is -1.18. The molecule has 0 spiro atoms. The van der Waals surface area contributed by atoms with Crippen molar-refractivity contribution >= 4 is 0 Å². The molecule has 0 saturated carbocycles. The molecule has 0 fully saturated rings. The second kappa shape index (κ2) is 7.23. The van der Waals surface area contributed by atoms with Gasteiger partial charge in [0, 0.05) is 13.2 Å². The van der Waals surface area contributed by atoms with Crippen LogP contribution >= 0.6 is 0 Å². The van der Waals surface area contributed by atoms with Crippen LogP contribution in [0, 0.1) is 0 Å². The zero-order chi connectivity index (χ0) is 10.2. The van der Waals surface area contributed by atoms with Gasteiger partial charge in [0.05, 0.1) is 13.2 Å². The van der Waals surface area contributed by atoms with Crippen LogP contribution in [0.5, 0.6) is 0 Å². The van der Waals surface area contributed by atoms with Crippen molar-refractivity contribution in [2.45, 2.75) is 19.8 Å². The highest BCUT2D eigenvalue weighted by Gasteiger charge is 2.25. The highest BCUT2D eigenvalue weighted by atomic mass is 16.7. The van der Waals surface area contributed by atoms with E-state index in [0.29, 0.717) is 13.2 Å². The van der Waals surface area contributed by atoms with Crippen molar-refractivity contribution in [2.75, 3.05) is 33.0 Å². The average Bonchev–Trinajstić information content (AvgIpc) is 2.05. The molecular formula is C8H19NO4. The molecule has 0 radical (unpaired) electrons. The van der Waals surface area contributed by atoms with Crippen molar-refractivity contribution in [1.82, 2.24) is 0 Å². The van der Waals surface area contributed by atoms with Gasteiger partial charge >= 0.3 is 0 Å². The number of rotatable bonds is 8. The molecular weight excluding hydrogens is 174 g/mol. The van der Waals surface area contributed by atoms with Crippen molar-refractivity contribution in [3.05, 3.63) is 0 Å². The molecule has 5 heteroatoms. The van der Waals surface area contributed by atoms with E-state index in [4.69, 9.17) is 25.1 Å². The van der Waals surface area contributed by atoms with Crippen LogP contribution in [-0.4, -0.2) is 44.1 Å². The van der Waals surface area contributed by atoms with Crippen molar-refractivity contribution in [1.29, 1.82) is 0 Å². The zero-order valence-electron chi connectivity index (χ0n) is 8.28. The normalized spacial score (nSPS) is 12.0. The van der Waals surface area contributed by atoms with E-state index in [1.54, 1.807) is 0 Å². The van der Waals surface area contributed by atoms with Crippen LogP contribution in [0.2, 0.25) is 0 Å². The molecule has 0 aliphatic carbocycles. The summed E-state index contributed by atoms with van der Waals surface area (Å²) in [4.78, 5) is 0. The minimum atomic E-state index is -1.18. The Morgan fingerprint density at radius 3 is 2.15 bits per heavy atom. The standard InChI is InChI=1S/C8H19NO4/c1-3-12-8(9,13-4-2)7-11-6-5-10/h10H,3-7,9H2,1-2H3. The number of hydrogen-bond donors (Lipinski definition) is 2. The first kappa shape index (κ1) is 12.8. The third kappa shape index (κ3) is 5.95. The summed E-state index contributed by atoms with van der Waals surface area (Å²) in [5.41, 5.74) is 5.71. The minimum Gasteiger partial charge on any atom is -0.394 e. The molecule has 0 aromatic heterocycles. The number of hydrogen-bond acceptors (Lipinski definition) is 5. The van der Waals surface area contributed by atoms with E-state index in [9.17, 15) is 0 Å². The van der Waals surface area contributed by atoms with Crippen LogP contribution in [0.15, 0.2) is 0 Å². The summed E-state index contributed by atoms with van der Waals surface area (Å²) in [6.07, 6.45) is 0. The molecule has 0 heterocycles. The topological polar surface area (TPSA) is 73.9 Å². The van der Waals surface area contributed by atoms with Crippen LogP contribution in [0.25, 0.3) is 0 Å². The van der Waals surface area contributed by atoms with Gasteiger partial charge in [0.2, 0.25) is 5.91 Å². The van der Waals surface area contributed by atoms with E-state index in [1.807, 2.05) is 13.8 Å². The Labute approximate surface area is 78.8 Å². The molecule has 0 aromatic carbocycles. The Hall–Kier alpha value is -0.200.